The van der Waals surface area contributed by atoms with Crippen molar-refractivity contribution >= 4 is 16.6 Å². The molecule has 5 heteroatoms. The van der Waals surface area contributed by atoms with Crippen molar-refractivity contribution in [3.63, 3.8) is 0 Å². The lowest BCUT2D eigenvalue weighted by molar-refractivity contribution is -0.384. The molecule has 2 aromatic rings. The zero-order chi connectivity index (χ0) is 10.8. The first-order chi connectivity index (χ1) is 7.22. The minimum Gasteiger partial charge on any atom is -0.334 e. The Labute approximate surface area is 85.3 Å². The van der Waals surface area contributed by atoms with Gasteiger partial charge in [-0.2, -0.15) is 5.26 Å². The monoisotopic (exact) mass is 201 g/mol. The van der Waals surface area contributed by atoms with Gasteiger partial charge in [-0.05, 0) is 12.1 Å². The van der Waals surface area contributed by atoms with Gasteiger partial charge in [-0.3, -0.25) is 10.1 Å². The van der Waals surface area contributed by atoms with Crippen molar-refractivity contribution < 1.29 is 4.92 Å². The van der Waals surface area contributed by atoms with Crippen LogP contribution in [-0.4, -0.2) is 9.49 Å². The van der Waals surface area contributed by atoms with Gasteiger partial charge in [0.05, 0.1) is 11.0 Å². The Bertz CT molecular complexity index is 566. The molecule has 0 aliphatic carbocycles. The standard InChI is InChI=1S/C10H7N3O2/c11-4-6-12-5-3-8-7-9(13(14)15)1-2-10(8)12/h1-3,5,7H,6H2. The minimum absolute atomic E-state index is 0.0669. The second-order valence-electron chi connectivity index (χ2n) is 3.10. The van der Waals surface area contributed by atoms with E-state index < -0.39 is 4.92 Å². The molecule has 1 heterocycles. The van der Waals surface area contributed by atoms with Gasteiger partial charge >= 0.3 is 0 Å². The predicted octanol–water partition coefficient (Wildman–Crippen LogP) is 2.07. The minimum atomic E-state index is -0.429. The van der Waals surface area contributed by atoms with Crippen LogP contribution in [0.4, 0.5) is 5.69 Å². The van der Waals surface area contributed by atoms with Gasteiger partial charge in [0.15, 0.2) is 0 Å². The topological polar surface area (TPSA) is 71.9 Å². The van der Waals surface area contributed by atoms with E-state index in [1.54, 1.807) is 22.9 Å². The molecule has 15 heavy (non-hydrogen) atoms. The summed E-state index contributed by atoms with van der Waals surface area (Å²) in [6, 6.07) is 8.39. The third-order valence-electron chi connectivity index (χ3n) is 2.21. The lowest BCUT2D eigenvalue weighted by atomic mass is 10.2. The molecule has 0 spiro atoms. The third kappa shape index (κ3) is 1.53. The number of nitriles is 1. The van der Waals surface area contributed by atoms with Crippen LogP contribution >= 0.6 is 0 Å². The summed E-state index contributed by atoms with van der Waals surface area (Å²) in [5.41, 5.74) is 0.902. The highest BCUT2D eigenvalue weighted by atomic mass is 16.6. The molecule has 0 aliphatic rings. The Hall–Kier alpha value is -2.35. The molecule has 0 amide bonds. The van der Waals surface area contributed by atoms with Crippen LogP contribution in [0.2, 0.25) is 0 Å². The van der Waals surface area contributed by atoms with Crippen molar-refractivity contribution in [1.29, 1.82) is 5.26 Å². The van der Waals surface area contributed by atoms with Gasteiger partial charge in [-0.1, -0.05) is 0 Å². The average Bonchev–Trinajstić information content (AvgIpc) is 2.61. The smallest absolute Gasteiger partial charge is 0.270 e. The van der Waals surface area contributed by atoms with E-state index in [1.807, 2.05) is 6.07 Å². The molecule has 0 bridgehead atoms. The van der Waals surface area contributed by atoms with Gasteiger partial charge in [-0.25, -0.2) is 0 Å². The molecule has 0 fully saturated rings. The van der Waals surface area contributed by atoms with Crippen LogP contribution in [0.5, 0.6) is 0 Å². The van der Waals surface area contributed by atoms with Crippen LogP contribution in [0.3, 0.4) is 0 Å². The summed E-state index contributed by atoms with van der Waals surface area (Å²) in [5.74, 6) is 0. The molecule has 0 radical (unpaired) electrons. The van der Waals surface area contributed by atoms with E-state index in [1.165, 1.54) is 12.1 Å². The molecule has 0 aliphatic heterocycles. The fraction of sp³-hybridized carbons (Fsp3) is 0.100. The molecule has 5 nitrogen and oxygen atoms in total. The van der Waals surface area contributed by atoms with E-state index in [-0.39, 0.29) is 12.2 Å². The molecule has 0 saturated carbocycles. The molecule has 0 N–H and O–H groups in total. The van der Waals surface area contributed by atoms with Gasteiger partial charge in [0.2, 0.25) is 0 Å². The molecule has 2 rings (SSSR count). The lowest BCUT2D eigenvalue weighted by Gasteiger charge is -1.97. The molecule has 1 aromatic heterocycles. The van der Waals surface area contributed by atoms with E-state index in [4.69, 9.17) is 5.26 Å². The highest BCUT2D eigenvalue weighted by Crippen LogP contribution is 2.21. The summed E-state index contributed by atoms with van der Waals surface area (Å²) in [7, 11) is 0. The van der Waals surface area contributed by atoms with Crippen molar-refractivity contribution in [3.8, 4) is 6.07 Å². The normalized spacial score (nSPS) is 10.1. The van der Waals surface area contributed by atoms with Gasteiger partial charge in [-0.15, -0.1) is 0 Å². The first-order valence-electron chi connectivity index (χ1n) is 4.32. The van der Waals surface area contributed by atoms with E-state index in [0.717, 1.165) is 10.9 Å². The largest absolute Gasteiger partial charge is 0.334 e. The fourth-order valence-corrected chi connectivity index (χ4v) is 1.52. The summed E-state index contributed by atoms with van der Waals surface area (Å²) >= 11 is 0. The van der Waals surface area contributed by atoms with Crippen LogP contribution in [0.15, 0.2) is 30.5 Å². The highest BCUT2D eigenvalue weighted by molar-refractivity contribution is 5.82. The van der Waals surface area contributed by atoms with Crippen LogP contribution in [-0.2, 0) is 6.54 Å². The first kappa shape index (κ1) is 9.21. The molecule has 0 unspecified atom stereocenters. The van der Waals surface area contributed by atoms with Gasteiger partial charge < -0.3 is 4.57 Å². The number of hydrogen-bond donors (Lipinski definition) is 0. The number of hydrogen-bond acceptors (Lipinski definition) is 3. The Morgan fingerprint density at radius 3 is 2.93 bits per heavy atom. The summed E-state index contributed by atoms with van der Waals surface area (Å²) < 4.78 is 1.75. The van der Waals surface area contributed by atoms with Crippen molar-refractivity contribution in [2.45, 2.75) is 6.54 Å². The molecular weight excluding hydrogens is 194 g/mol. The molecule has 1 aromatic carbocycles. The van der Waals surface area contributed by atoms with Crippen molar-refractivity contribution in [2.75, 3.05) is 0 Å². The summed E-state index contributed by atoms with van der Waals surface area (Å²) in [6.07, 6.45) is 1.75. The maximum Gasteiger partial charge on any atom is 0.270 e. The molecule has 0 saturated heterocycles. The quantitative estimate of drug-likeness (QED) is 0.551. The number of nitro groups is 1. The Kier molecular flexibility index (Phi) is 2.10. The lowest BCUT2D eigenvalue weighted by Crippen LogP contribution is -1.92. The van der Waals surface area contributed by atoms with Crippen LogP contribution in [0.25, 0.3) is 10.9 Å². The SMILES string of the molecule is N#CCn1ccc2cc([N+](=O)[O-])ccc21. The van der Waals surface area contributed by atoms with Gasteiger partial charge in [0.25, 0.3) is 5.69 Å². The van der Waals surface area contributed by atoms with Crippen molar-refractivity contribution in [2.24, 2.45) is 0 Å². The molecular formula is C10H7N3O2. The maximum absolute atomic E-state index is 10.5. The average molecular weight is 201 g/mol. The van der Waals surface area contributed by atoms with Gasteiger partial charge in [0, 0.05) is 29.2 Å². The third-order valence-corrected chi connectivity index (χ3v) is 2.21. The highest BCUT2D eigenvalue weighted by Gasteiger charge is 2.07. The van der Waals surface area contributed by atoms with Crippen molar-refractivity contribution in [1.82, 2.24) is 4.57 Å². The van der Waals surface area contributed by atoms with Crippen LogP contribution < -0.4 is 0 Å². The van der Waals surface area contributed by atoms with Gasteiger partial charge in [0.1, 0.15) is 6.54 Å². The van der Waals surface area contributed by atoms with E-state index in [0.29, 0.717) is 0 Å². The fourth-order valence-electron chi connectivity index (χ4n) is 1.52. The number of nitrogens with zero attached hydrogens (tertiary/aromatic N) is 3. The van der Waals surface area contributed by atoms with E-state index >= 15 is 0 Å². The second-order valence-corrected chi connectivity index (χ2v) is 3.10. The second kappa shape index (κ2) is 3.42. The molecule has 0 atom stereocenters. The Balaban J connectivity index is 2.57. The predicted molar refractivity (Wildman–Crippen MR) is 54.2 cm³/mol. The maximum atomic E-state index is 10.5. The van der Waals surface area contributed by atoms with E-state index in [2.05, 4.69) is 0 Å². The number of rotatable bonds is 2. The number of fused-ring (bicyclic) bond motifs is 1. The Morgan fingerprint density at radius 2 is 2.27 bits per heavy atom. The van der Waals surface area contributed by atoms with Crippen LogP contribution in [0.1, 0.15) is 0 Å². The first-order valence-corrected chi connectivity index (χ1v) is 4.32. The number of nitro benzene ring substituents is 1. The summed E-state index contributed by atoms with van der Waals surface area (Å²) in [4.78, 5) is 10.1. The Morgan fingerprint density at radius 1 is 1.47 bits per heavy atom. The summed E-state index contributed by atoms with van der Waals surface area (Å²) in [6.45, 7) is 0.251. The van der Waals surface area contributed by atoms with Crippen LogP contribution in [0, 0.1) is 21.4 Å². The number of aromatic nitrogens is 1. The van der Waals surface area contributed by atoms with Crippen molar-refractivity contribution in [3.05, 3.63) is 40.6 Å². The zero-order valence-corrected chi connectivity index (χ0v) is 7.75. The van der Waals surface area contributed by atoms with E-state index in [9.17, 15) is 10.1 Å². The molecule has 74 valence electrons. The number of non-ortho nitro benzene ring substituents is 1. The zero-order valence-electron chi connectivity index (χ0n) is 7.75. The number of benzene rings is 1. The summed E-state index contributed by atoms with van der Waals surface area (Å²) in [5, 5.41) is 19.9.